The molecule has 0 aliphatic heterocycles. The van der Waals surface area contributed by atoms with E-state index < -0.39 is 24.0 Å². The summed E-state index contributed by atoms with van der Waals surface area (Å²) in [5, 5.41) is 20.4. The maximum absolute atomic E-state index is 13.5. The molecule has 0 radical (unpaired) electrons. The standard InChI is InChI=1S/C50H56N2O6/c1-29-20-31(3)45(32(4)21-29)47-43(55)26-39(49(47)57)15-9-10-17-42-41(36(8)54)25-38(28-52-42)24-37-22-33(5)46(34(6)23-37)48-44(56)27-40(50(48)58)16-11-12-18-51-19-13-14-30(2)35(7)53/h12-15,19-23,25,27-28,35,43,47-48,53,55H,9-11,16-17,24,26H2,1-8H3/b19-13-,30-14+,39-15?. The number of carbonyl (C=O) groups excluding carboxylic acids is 4. The lowest BCUT2D eigenvalue weighted by atomic mass is 9.85. The molecule has 4 atom stereocenters. The van der Waals surface area contributed by atoms with E-state index in [1.165, 1.54) is 6.08 Å². The molecule has 0 spiro atoms. The van der Waals surface area contributed by atoms with Crippen molar-refractivity contribution in [3.63, 3.8) is 0 Å². The molecular formula is C50H56N2O6. The molecule has 2 aliphatic rings. The number of aliphatic hydroxyl groups is 2. The number of aliphatic hydroxyl groups excluding tert-OH is 2. The van der Waals surface area contributed by atoms with E-state index in [0.29, 0.717) is 61.7 Å². The van der Waals surface area contributed by atoms with E-state index in [4.69, 9.17) is 4.98 Å². The Bertz CT molecular complexity index is 2270. The number of ketones is 4. The third kappa shape index (κ3) is 10.4. The monoisotopic (exact) mass is 780 g/mol. The van der Waals surface area contributed by atoms with Crippen molar-refractivity contribution in [2.75, 3.05) is 0 Å². The van der Waals surface area contributed by atoms with Crippen molar-refractivity contribution < 1.29 is 29.4 Å². The molecule has 0 amide bonds. The molecule has 2 aromatic carbocycles. The molecule has 1 saturated carbocycles. The summed E-state index contributed by atoms with van der Waals surface area (Å²) in [5.41, 5.74) is 11.8. The van der Waals surface area contributed by atoms with Crippen molar-refractivity contribution in [2.24, 2.45) is 4.99 Å². The number of aromatic nitrogens is 1. The average molecular weight is 781 g/mol. The second kappa shape index (κ2) is 19.4. The Morgan fingerprint density at radius 3 is 2.24 bits per heavy atom. The first-order chi connectivity index (χ1) is 27.6. The Labute approximate surface area is 342 Å². The van der Waals surface area contributed by atoms with Crippen LogP contribution in [0.1, 0.15) is 131 Å². The SMILES string of the molecule is CC(=O)c1cc(Cc2cc(C)c(C3C(=O)C=C(CCC=C=N/C=C\C=C(/C)C(C)O)C3=O)c(C)c2)cnc1CCCC=C1CC(O)C(c2c(C)cc(C)cc2C)C1=O. The van der Waals surface area contributed by atoms with Gasteiger partial charge in [-0.05, 0) is 180 Å². The molecule has 58 heavy (non-hydrogen) atoms. The highest BCUT2D eigenvalue weighted by molar-refractivity contribution is 6.25. The smallest absolute Gasteiger partial charge is 0.174 e. The summed E-state index contributed by atoms with van der Waals surface area (Å²) in [6.45, 7) is 15.0. The van der Waals surface area contributed by atoms with Gasteiger partial charge in [0.15, 0.2) is 23.1 Å². The van der Waals surface area contributed by atoms with Crippen LogP contribution in [0.3, 0.4) is 0 Å². The predicted octanol–water partition coefficient (Wildman–Crippen LogP) is 8.79. The summed E-state index contributed by atoms with van der Waals surface area (Å²) in [4.78, 5) is 61.7. The fourth-order valence-corrected chi connectivity index (χ4v) is 8.42. The molecule has 1 fully saturated rings. The molecule has 302 valence electrons. The number of benzene rings is 2. The molecule has 3 aromatic rings. The first-order valence-corrected chi connectivity index (χ1v) is 20.2. The molecule has 0 saturated heterocycles. The highest BCUT2D eigenvalue weighted by atomic mass is 16.3. The zero-order valence-electron chi connectivity index (χ0n) is 35.1. The average Bonchev–Trinajstić information content (AvgIpc) is 3.58. The van der Waals surface area contributed by atoms with Gasteiger partial charge in [-0.3, -0.25) is 24.2 Å². The zero-order chi connectivity index (χ0) is 42.3. The Morgan fingerprint density at radius 2 is 1.59 bits per heavy atom. The third-order valence-corrected chi connectivity index (χ3v) is 11.3. The van der Waals surface area contributed by atoms with Crippen LogP contribution < -0.4 is 0 Å². The minimum absolute atomic E-state index is 0.00925. The fraction of sp³-hybridized carbons (Fsp3) is 0.380. The molecule has 8 heteroatoms. The minimum atomic E-state index is -0.852. The number of hydrogen-bond acceptors (Lipinski definition) is 8. The van der Waals surface area contributed by atoms with Gasteiger partial charge in [-0.2, -0.15) is 0 Å². The zero-order valence-corrected chi connectivity index (χ0v) is 35.1. The Hall–Kier alpha value is -5.40. The molecule has 0 bridgehead atoms. The van der Waals surface area contributed by atoms with Crippen molar-refractivity contribution in [3.8, 4) is 0 Å². The topological polar surface area (TPSA) is 134 Å². The molecule has 5 rings (SSSR count). The van der Waals surface area contributed by atoms with Crippen molar-refractivity contribution in [2.45, 2.75) is 124 Å². The second-order valence-electron chi connectivity index (χ2n) is 16.1. The van der Waals surface area contributed by atoms with Gasteiger partial charge in [0.1, 0.15) is 5.92 Å². The summed E-state index contributed by atoms with van der Waals surface area (Å²) < 4.78 is 0. The molecule has 8 nitrogen and oxygen atoms in total. The van der Waals surface area contributed by atoms with Gasteiger partial charge in [0, 0.05) is 30.0 Å². The number of carbonyl (C=O) groups is 4. The van der Waals surface area contributed by atoms with Crippen LogP contribution in [0.5, 0.6) is 0 Å². The van der Waals surface area contributed by atoms with E-state index in [2.05, 4.69) is 23.0 Å². The Balaban J connectivity index is 1.19. The molecular weight excluding hydrogens is 725 g/mol. The summed E-state index contributed by atoms with van der Waals surface area (Å²) in [7, 11) is 0. The Morgan fingerprint density at radius 1 is 0.914 bits per heavy atom. The number of rotatable bonds is 15. The van der Waals surface area contributed by atoms with Crippen LogP contribution in [-0.4, -0.2) is 56.4 Å². The summed E-state index contributed by atoms with van der Waals surface area (Å²) in [6.07, 6.45) is 14.5. The first-order valence-electron chi connectivity index (χ1n) is 20.2. The molecule has 2 aliphatic carbocycles. The molecule has 1 aromatic heterocycles. The lowest BCUT2D eigenvalue weighted by molar-refractivity contribution is -0.123. The number of aryl methyl sites for hydroxylation is 6. The van der Waals surface area contributed by atoms with Gasteiger partial charge in [-0.1, -0.05) is 42.0 Å². The van der Waals surface area contributed by atoms with Gasteiger partial charge in [0.2, 0.25) is 0 Å². The van der Waals surface area contributed by atoms with Crippen molar-refractivity contribution in [1.29, 1.82) is 0 Å². The number of allylic oxidation sites excluding steroid dienone is 6. The number of hydrogen-bond donors (Lipinski definition) is 2. The third-order valence-electron chi connectivity index (χ3n) is 11.3. The van der Waals surface area contributed by atoms with Gasteiger partial charge < -0.3 is 10.2 Å². The van der Waals surface area contributed by atoms with Crippen LogP contribution >= 0.6 is 0 Å². The summed E-state index contributed by atoms with van der Waals surface area (Å²) in [6, 6.07) is 10.0. The van der Waals surface area contributed by atoms with Crippen LogP contribution in [0.25, 0.3) is 0 Å². The lowest BCUT2D eigenvalue weighted by Gasteiger charge is -2.19. The predicted molar refractivity (Wildman–Crippen MR) is 230 cm³/mol. The normalized spacial score (nSPS) is 19.6. The number of pyridine rings is 1. The van der Waals surface area contributed by atoms with Crippen LogP contribution in [0, 0.1) is 34.6 Å². The van der Waals surface area contributed by atoms with Crippen LogP contribution in [0.2, 0.25) is 0 Å². The van der Waals surface area contributed by atoms with E-state index in [1.54, 1.807) is 44.5 Å². The van der Waals surface area contributed by atoms with Crippen LogP contribution in [-0.2, 0) is 27.2 Å². The second-order valence-corrected chi connectivity index (χ2v) is 16.1. The van der Waals surface area contributed by atoms with Gasteiger partial charge in [-0.15, -0.1) is 0 Å². The van der Waals surface area contributed by atoms with Crippen molar-refractivity contribution in [3.05, 3.63) is 151 Å². The van der Waals surface area contributed by atoms with E-state index in [1.807, 2.05) is 65.8 Å². The molecule has 1 heterocycles. The van der Waals surface area contributed by atoms with Crippen LogP contribution in [0.4, 0.5) is 0 Å². The van der Waals surface area contributed by atoms with Crippen molar-refractivity contribution in [1.82, 2.24) is 4.98 Å². The van der Waals surface area contributed by atoms with E-state index in [0.717, 1.165) is 61.3 Å². The highest BCUT2D eigenvalue weighted by Crippen LogP contribution is 2.39. The van der Waals surface area contributed by atoms with E-state index in [9.17, 15) is 29.4 Å². The van der Waals surface area contributed by atoms with Gasteiger partial charge in [-0.25, -0.2) is 4.99 Å². The van der Waals surface area contributed by atoms with Gasteiger partial charge >= 0.3 is 0 Å². The van der Waals surface area contributed by atoms with Gasteiger partial charge in [0.05, 0.1) is 23.8 Å². The largest absolute Gasteiger partial charge is 0.392 e. The minimum Gasteiger partial charge on any atom is -0.392 e. The number of Topliss-reactive ketones (excluding diaryl/α,β-unsaturated/α-hetero) is 3. The summed E-state index contributed by atoms with van der Waals surface area (Å²) in [5.74, 6) is 0.988. The number of unbranched alkanes of at least 4 members (excludes halogenated alkanes) is 1. The summed E-state index contributed by atoms with van der Waals surface area (Å²) >= 11 is 0. The first kappa shape index (κ1) is 43.7. The maximum atomic E-state index is 13.5. The van der Waals surface area contributed by atoms with E-state index in [-0.39, 0.29) is 23.1 Å². The number of nitrogens with zero attached hydrogens (tertiary/aromatic N) is 2. The quantitative estimate of drug-likeness (QED) is 0.0393. The highest BCUT2D eigenvalue weighted by Gasteiger charge is 2.40. The lowest BCUT2D eigenvalue weighted by Crippen LogP contribution is -2.19. The van der Waals surface area contributed by atoms with E-state index >= 15 is 0 Å². The van der Waals surface area contributed by atoms with Gasteiger partial charge in [0.25, 0.3) is 0 Å². The molecule has 4 unspecified atom stereocenters. The maximum Gasteiger partial charge on any atom is 0.174 e. The number of aliphatic imine (C=N–C) groups is 1. The van der Waals surface area contributed by atoms with Crippen molar-refractivity contribution >= 4 is 29.0 Å². The van der Waals surface area contributed by atoms with Crippen LogP contribution in [0.15, 0.2) is 94.8 Å². The Kier molecular flexibility index (Phi) is 14.6. The molecule has 2 N–H and O–H groups in total. The fourth-order valence-electron chi connectivity index (χ4n) is 8.42.